The summed E-state index contributed by atoms with van der Waals surface area (Å²) in [7, 11) is 0. The summed E-state index contributed by atoms with van der Waals surface area (Å²) in [5, 5.41) is 14.2. The van der Waals surface area contributed by atoms with Crippen LogP contribution in [0.3, 0.4) is 0 Å². The summed E-state index contributed by atoms with van der Waals surface area (Å²) in [6.45, 7) is 8.04. The maximum absolute atomic E-state index is 10.2. The van der Waals surface area contributed by atoms with Crippen LogP contribution in [0.4, 0.5) is 11.5 Å². The van der Waals surface area contributed by atoms with E-state index < -0.39 is 5.60 Å². The molecule has 1 fully saturated rings. The first-order chi connectivity index (χ1) is 13.3. The van der Waals surface area contributed by atoms with E-state index in [9.17, 15) is 5.11 Å². The number of hydrogen-bond acceptors (Lipinski definition) is 6. The highest BCUT2D eigenvalue weighted by atomic mass is 35.5. The Balaban J connectivity index is 1.64. The van der Waals surface area contributed by atoms with E-state index >= 15 is 0 Å². The molecule has 1 atom stereocenters. The van der Waals surface area contributed by atoms with Crippen molar-refractivity contribution in [3.63, 3.8) is 0 Å². The third-order valence-corrected chi connectivity index (χ3v) is 5.57. The molecule has 0 unspecified atom stereocenters. The van der Waals surface area contributed by atoms with Crippen LogP contribution in [0.2, 0.25) is 5.02 Å². The van der Waals surface area contributed by atoms with Crippen LogP contribution in [-0.4, -0.2) is 43.6 Å². The van der Waals surface area contributed by atoms with Gasteiger partial charge in [0.15, 0.2) is 5.82 Å². The van der Waals surface area contributed by atoms with Crippen LogP contribution < -0.4 is 5.32 Å². The zero-order valence-corrected chi connectivity index (χ0v) is 17.1. The summed E-state index contributed by atoms with van der Waals surface area (Å²) in [5.74, 6) is 1.35. The summed E-state index contributed by atoms with van der Waals surface area (Å²) >= 11 is 6.24. The van der Waals surface area contributed by atoms with Crippen molar-refractivity contribution in [3.05, 3.63) is 52.4 Å². The highest BCUT2D eigenvalue weighted by Gasteiger charge is 2.31. The number of aryl methyl sites for hydroxylation is 1. The number of β-amino-alcohol motifs (C(OH)–C–C–N with tert-alkyl or cyclic N) is 1. The molecule has 3 heterocycles. The van der Waals surface area contributed by atoms with Crippen LogP contribution in [-0.2, 0) is 6.54 Å². The van der Waals surface area contributed by atoms with Gasteiger partial charge in [0.25, 0.3) is 0 Å². The lowest BCUT2D eigenvalue weighted by Crippen LogP contribution is -2.29. The lowest BCUT2D eigenvalue weighted by molar-refractivity contribution is 0.0679. The van der Waals surface area contributed by atoms with Gasteiger partial charge in [0.05, 0.1) is 11.1 Å². The Labute approximate surface area is 169 Å². The summed E-state index contributed by atoms with van der Waals surface area (Å²) < 4.78 is 0. The number of aliphatic hydroxyl groups is 1. The van der Waals surface area contributed by atoms with E-state index in [4.69, 9.17) is 11.6 Å². The monoisotopic (exact) mass is 397 g/mol. The summed E-state index contributed by atoms with van der Waals surface area (Å²) in [4.78, 5) is 16.0. The number of rotatable bonds is 4. The molecule has 3 aromatic rings. The minimum Gasteiger partial charge on any atom is -0.389 e. The van der Waals surface area contributed by atoms with Gasteiger partial charge in [0, 0.05) is 36.5 Å². The molecule has 0 radical (unpaired) electrons. The first-order valence-electron chi connectivity index (χ1n) is 9.41. The Morgan fingerprint density at radius 1 is 1.29 bits per heavy atom. The van der Waals surface area contributed by atoms with Gasteiger partial charge in [0.2, 0.25) is 0 Å². The predicted molar refractivity (Wildman–Crippen MR) is 112 cm³/mol. The summed E-state index contributed by atoms with van der Waals surface area (Å²) in [5.41, 5.74) is 3.87. The summed E-state index contributed by atoms with van der Waals surface area (Å²) in [6, 6.07) is 7.80. The predicted octanol–water partition coefficient (Wildman–Crippen LogP) is 4.00. The SMILES string of the molecule is Cc1nc(Nc2cccc(Cl)c2C)c2ncc(CN3CC[C@](C)(O)C3)cc2n1. The van der Waals surface area contributed by atoms with Crippen molar-refractivity contribution in [3.8, 4) is 0 Å². The third-order valence-electron chi connectivity index (χ3n) is 5.16. The zero-order chi connectivity index (χ0) is 19.9. The lowest BCUT2D eigenvalue weighted by Gasteiger charge is -2.19. The molecule has 7 heteroatoms. The van der Waals surface area contributed by atoms with E-state index in [-0.39, 0.29) is 0 Å². The maximum Gasteiger partial charge on any atom is 0.160 e. The molecular weight excluding hydrogens is 374 g/mol. The van der Waals surface area contributed by atoms with Gasteiger partial charge in [-0.2, -0.15) is 0 Å². The molecule has 2 aromatic heterocycles. The van der Waals surface area contributed by atoms with Crippen molar-refractivity contribution >= 4 is 34.1 Å². The van der Waals surface area contributed by atoms with E-state index in [0.29, 0.717) is 23.2 Å². The molecule has 28 heavy (non-hydrogen) atoms. The molecular formula is C21H24ClN5O. The first-order valence-corrected chi connectivity index (χ1v) is 9.79. The molecule has 4 rings (SSSR count). The second-order valence-electron chi connectivity index (χ2n) is 7.83. The van der Waals surface area contributed by atoms with Gasteiger partial charge in [-0.3, -0.25) is 9.88 Å². The van der Waals surface area contributed by atoms with Gasteiger partial charge in [-0.05, 0) is 56.5 Å². The van der Waals surface area contributed by atoms with Crippen molar-refractivity contribution in [1.29, 1.82) is 0 Å². The van der Waals surface area contributed by atoms with Crippen LogP contribution in [0.25, 0.3) is 11.0 Å². The second kappa shape index (κ2) is 7.28. The fraction of sp³-hybridized carbons (Fsp3) is 0.381. The fourth-order valence-electron chi connectivity index (χ4n) is 3.65. The van der Waals surface area contributed by atoms with Gasteiger partial charge in [-0.1, -0.05) is 17.7 Å². The standard InChI is InChI=1S/C21H24ClN5O/c1-13-16(22)5-4-6-17(13)26-20-19-18(24-14(2)25-20)9-15(10-23-19)11-27-8-7-21(3,28)12-27/h4-6,9-10,28H,7-8,11-12H2,1-3H3,(H,24,25,26)/t21-/m0/s1. The van der Waals surface area contributed by atoms with E-state index in [0.717, 1.165) is 47.4 Å². The molecule has 1 aromatic carbocycles. The van der Waals surface area contributed by atoms with E-state index in [1.807, 2.05) is 45.2 Å². The van der Waals surface area contributed by atoms with Crippen LogP contribution >= 0.6 is 11.6 Å². The number of anilines is 2. The van der Waals surface area contributed by atoms with Gasteiger partial charge in [-0.25, -0.2) is 9.97 Å². The summed E-state index contributed by atoms with van der Waals surface area (Å²) in [6.07, 6.45) is 2.66. The molecule has 1 aliphatic rings. The van der Waals surface area contributed by atoms with E-state index in [1.54, 1.807) is 0 Å². The number of hydrogen-bond donors (Lipinski definition) is 2. The molecule has 6 nitrogen and oxygen atoms in total. The second-order valence-corrected chi connectivity index (χ2v) is 8.23. The molecule has 1 aliphatic heterocycles. The third kappa shape index (κ3) is 3.94. The molecule has 0 spiro atoms. The van der Waals surface area contributed by atoms with Gasteiger partial charge in [0.1, 0.15) is 11.3 Å². The quantitative estimate of drug-likeness (QED) is 0.693. The first kappa shape index (κ1) is 19.1. The molecule has 1 saturated heterocycles. The Morgan fingerprint density at radius 3 is 2.86 bits per heavy atom. The van der Waals surface area contributed by atoms with Gasteiger partial charge >= 0.3 is 0 Å². The number of halogens is 1. The highest BCUT2D eigenvalue weighted by molar-refractivity contribution is 6.31. The average molecular weight is 398 g/mol. The molecule has 0 aliphatic carbocycles. The smallest absolute Gasteiger partial charge is 0.160 e. The van der Waals surface area contributed by atoms with E-state index in [2.05, 4.69) is 31.2 Å². The number of likely N-dealkylation sites (tertiary alicyclic amines) is 1. The van der Waals surface area contributed by atoms with Crippen molar-refractivity contribution in [2.45, 2.75) is 39.3 Å². The highest BCUT2D eigenvalue weighted by Crippen LogP contribution is 2.29. The Kier molecular flexibility index (Phi) is 4.95. The van der Waals surface area contributed by atoms with Crippen LogP contribution in [0.1, 0.15) is 30.3 Å². The van der Waals surface area contributed by atoms with Crippen LogP contribution in [0.15, 0.2) is 30.5 Å². The Hall–Kier alpha value is -2.28. The number of fused-ring (bicyclic) bond motifs is 1. The maximum atomic E-state index is 10.2. The van der Waals surface area contributed by atoms with Gasteiger partial charge in [-0.15, -0.1) is 0 Å². The molecule has 0 saturated carbocycles. The minimum atomic E-state index is -0.602. The number of pyridine rings is 1. The van der Waals surface area contributed by atoms with Gasteiger partial charge < -0.3 is 10.4 Å². The fourth-order valence-corrected chi connectivity index (χ4v) is 3.83. The Morgan fingerprint density at radius 2 is 2.11 bits per heavy atom. The average Bonchev–Trinajstić information content (AvgIpc) is 2.97. The molecule has 146 valence electrons. The Bertz CT molecular complexity index is 1040. The molecule has 0 bridgehead atoms. The van der Waals surface area contributed by atoms with Crippen molar-refractivity contribution in [2.75, 3.05) is 18.4 Å². The van der Waals surface area contributed by atoms with Crippen LogP contribution in [0, 0.1) is 13.8 Å². The number of aromatic nitrogens is 3. The van der Waals surface area contributed by atoms with Crippen molar-refractivity contribution in [2.24, 2.45) is 0 Å². The van der Waals surface area contributed by atoms with Crippen LogP contribution in [0.5, 0.6) is 0 Å². The number of benzene rings is 1. The minimum absolute atomic E-state index is 0.602. The molecule has 0 amide bonds. The van der Waals surface area contributed by atoms with E-state index in [1.165, 1.54) is 0 Å². The number of nitrogens with one attached hydrogen (secondary N) is 1. The number of nitrogens with zero attached hydrogens (tertiary/aromatic N) is 4. The van der Waals surface area contributed by atoms with Crippen molar-refractivity contribution < 1.29 is 5.11 Å². The molecule has 2 N–H and O–H groups in total. The van der Waals surface area contributed by atoms with Crippen molar-refractivity contribution in [1.82, 2.24) is 19.9 Å². The largest absolute Gasteiger partial charge is 0.389 e. The topological polar surface area (TPSA) is 74.2 Å². The lowest BCUT2D eigenvalue weighted by atomic mass is 10.1. The normalized spacial score (nSPS) is 20.0. The zero-order valence-electron chi connectivity index (χ0n) is 16.3.